The minimum atomic E-state index is 0.394. The average Bonchev–Trinajstić information content (AvgIpc) is 2.93. The van der Waals surface area contributed by atoms with Crippen molar-refractivity contribution in [1.82, 2.24) is 5.43 Å². The zero-order chi connectivity index (χ0) is 12.6. The maximum Gasteiger partial charge on any atom is 0.0216 e. The van der Waals surface area contributed by atoms with Crippen LogP contribution in [0.25, 0.3) is 0 Å². The molecule has 2 nitrogen and oxygen atoms in total. The fourth-order valence-corrected chi connectivity index (χ4v) is 2.78. The van der Waals surface area contributed by atoms with Gasteiger partial charge in [0.25, 0.3) is 0 Å². The Balaban J connectivity index is 1.75. The molecular weight excluding hydrogens is 240 g/mol. The molecule has 2 aromatic rings. The highest BCUT2D eigenvalue weighted by Crippen LogP contribution is 2.12. The predicted molar refractivity (Wildman–Crippen MR) is 78.5 cm³/mol. The molecule has 0 bridgehead atoms. The Bertz CT molecular complexity index is 425. The van der Waals surface area contributed by atoms with E-state index in [-0.39, 0.29) is 0 Å². The maximum atomic E-state index is 5.63. The number of hydrogen-bond acceptors (Lipinski definition) is 3. The Morgan fingerprint density at radius 1 is 1.00 bits per heavy atom. The number of nitrogens with one attached hydrogen (secondary N) is 1. The van der Waals surface area contributed by atoms with Crippen LogP contribution in [-0.2, 0) is 12.8 Å². The van der Waals surface area contributed by atoms with Gasteiger partial charge in [-0.25, -0.2) is 0 Å². The zero-order valence-electron chi connectivity index (χ0n) is 10.5. The zero-order valence-corrected chi connectivity index (χ0v) is 11.3. The predicted octanol–water partition coefficient (Wildman–Crippen LogP) is 3.15. The van der Waals surface area contributed by atoms with E-state index in [1.807, 2.05) is 0 Å². The minimum Gasteiger partial charge on any atom is -0.271 e. The molecule has 3 heteroatoms. The molecule has 1 aromatic carbocycles. The Morgan fingerprint density at radius 2 is 1.72 bits per heavy atom. The third-order valence-electron chi connectivity index (χ3n) is 3.22. The molecule has 0 saturated carbocycles. The summed E-state index contributed by atoms with van der Waals surface area (Å²) in [5.41, 5.74) is 5.74. The van der Waals surface area contributed by atoms with Gasteiger partial charge in [0.05, 0.1) is 0 Å². The lowest BCUT2D eigenvalue weighted by Crippen LogP contribution is -2.35. The van der Waals surface area contributed by atoms with Crippen LogP contribution in [0.15, 0.2) is 47.2 Å². The summed E-state index contributed by atoms with van der Waals surface area (Å²) in [6, 6.07) is 13.2. The molecule has 0 saturated heterocycles. The van der Waals surface area contributed by atoms with Crippen molar-refractivity contribution in [2.24, 2.45) is 5.84 Å². The quantitative estimate of drug-likeness (QED) is 0.593. The number of thiophene rings is 1. The summed E-state index contributed by atoms with van der Waals surface area (Å²) in [5, 5.41) is 4.34. The SMILES string of the molecule is NNC(CCc1ccccc1)CCc1ccsc1. The Kier molecular flexibility index (Phi) is 5.39. The molecule has 0 fully saturated rings. The van der Waals surface area contributed by atoms with Gasteiger partial charge >= 0.3 is 0 Å². The van der Waals surface area contributed by atoms with Gasteiger partial charge in [0.1, 0.15) is 0 Å². The number of nitrogens with two attached hydrogens (primary N) is 1. The second kappa shape index (κ2) is 7.31. The largest absolute Gasteiger partial charge is 0.271 e. The second-order valence-corrected chi connectivity index (χ2v) is 5.34. The molecule has 1 heterocycles. The molecule has 0 amide bonds. The van der Waals surface area contributed by atoms with E-state index in [0.717, 1.165) is 25.7 Å². The Hall–Kier alpha value is -1.16. The first-order chi connectivity index (χ1) is 8.88. The molecule has 0 aliphatic heterocycles. The summed E-state index contributed by atoms with van der Waals surface area (Å²) in [6.07, 6.45) is 4.37. The van der Waals surface area contributed by atoms with Gasteiger partial charge in [0, 0.05) is 6.04 Å². The standard InChI is InChI=1S/C15H20N2S/c16-17-15(9-7-14-10-11-18-12-14)8-6-13-4-2-1-3-5-13/h1-5,10-12,15,17H,6-9,16H2. The first-order valence-electron chi connectivity index (χ1n) is 6.39. The van der Waals surface area contributed by atoms with E-state index in [0.29, 0.717) is 6.04 Å². The van der Waals surface area contributed by atoms with Crippen LogP contribution in [-0.4, -0.2) is 6.04 Å². The molecule has 0 aliphatic rings. The van der Waals surface area contributed by atoms with Crippen LogP contribution < -0.4 is 11.3 Å². The Morgan fingerprint density at radius 3 is 2.33 bits per heavy atom. The van der Waals surface area contributed by atoms with Crippen molar-refractivity contribution < 1.29 is 0 Å². The van der Waals surface area contributed by atoms with E-state index in [1.54, 1.807) is 11.3 Å². The van der Waals surface area contributed by atoms with Crippen LogP contribution in [0.4, 0.5) is 0 Å². The van der Waals surface area contributed by atoms with Gasteiger partial charge in [-0.15, -0.1) is 0 Å². The normalized spacial score (nSPS) is 12.5. The Labute approximate surface area is 113 Å². The van der Waals surface area contributed by atoms with E-state index in [1.165, 1.54) is 11.1 Å². The van der Waals surface area contributed by atoms with Crippen molar-refractivity contribution in [3.05, 3.63) is 58.3 Å². The van der Waals surface area contributed by atoms with E-state index >= 15 is 0 Å². The van der Waals surface area contributed by atoms with E-state index in [2.05, 4.69) is 52.6 Å². The molecule has 1 atom stereocenters. The highest BCUT2D eigenvalue weighted by atomic mass is 32.1. The van der Waals surface area contributed by atoms with Crippen molar-refractivity contribution in [1.29, 1.82) is 0 Å². The maximum absolute atomic E-state index is 5.63. The third-order valence-corrected chi connectivity index (χ3v) is 3.95. The van der Waals surface area contributed by atoms with Gasteiger partial charge < -0.3 is 0 Å². The molecule has 0 radical (unpaired) electrons. The summed E-state index contributed by atoms with van der Waals surface area (Å²) >= 11 is 1.76. The molecule has 18 heavy (non-hydrogen) atoms. The summed E-state index contributed by atoms with van der Waals surface area (Å²) in [6.45, 7) is 0. The van der Waals surface area contributed by atoms with Gasteiger partial charge in [-0.05, 0) is 53.6 Å². The van der Waals surface area contributed by atoms with E-state index in [4.69, 9.17) is 5.84 Å². The van der Waals surface area contributed by atoms with Crippen molar-refractivity contribution in [3.63, 3.8) is 0 Å². The minimum absolute atomic E-state index is 0.394. The van der Waals surface area contributed by atoms with Crippen LogP contribution in [0.3, 0.4) is 0 Å². The molecule has 0 spiro atoms. The molecule has 96 valence electrons. The molecule has 1 aromatic heterocycles. The van der Waals surface area contributed by atoms with Crippen LogP contribution in [0.1, 0.15) is 24.0 Å². The van der Waals surface area contributed by atoms with Gasteiger partial charge in [0.2, 0.25) is 0 Å². The number of hydrazine groups is 1. The topological polar surface area (TPSA) is 38.0 Å². The first-order valence-corrected chi connectivity index (χ1v) is 7.34. The summed E-state index contributed by atoms with van der Waals surface area (Å²) < 4.78 is 0. The van der Waals surface area contributed by atoms with Crippen molar-refractivity contribution >= 4 is 11.3 Å². The monoisotopic (exact) mass is 260 g/mol. The van der Waals surface area contributed by atoms with Crippen LogP contribution in [0, 0.1) is 0 Å². The van der Waals surface area contributed by atoms with Gasteiger partial charge in [-0.2, -0.15) is 11.3 Å². The number of rotatable bonds is 7. The fourth-order valence-electron chi connectivity index (χ4n) is 2.07. The lowest BCUT2D eigenvalue weighted by molar-refractivity contribution is 0.464. The summed E-state index contributed by atoms with van der Waals surface area (Å²) in [7, 11) is 0. The number of aryl methyl sites for hydroxylation is 2. The molecule has 3 N–H and O–H groups in total. The van der Waals surface area contributed by atoms with Crippen molar-refractivity contribution in [2.75, 3.05) is 0 Å². The lowest BCUT2D eigenvalue weighted by atomic mass is 10.0. The first kappa shape index (κ1) is 13.3. The van der Waals surface area contributed by atoms with Crippen molar-refractivity contribution in [2.45, 2.75) is 31.7 Å². The van der Waals surface area contributed by atoms with E-state index < -0.39 is 0 Å². The lowest BCUT2D eigenvalue weighted by Gasteiger charge is -2.15. The second-order valence-electron chi connectivity index (χ2n) is 4.56. The highest BCUT2D eigenvalue weighted by Gasteiger charge is 2.07. The average molecular weight is 260 g/mol. The molecule has 0 aliphatic carbocycles. The fraction of sp³-hybridized carbons (Fsp3) is 0.333. The van der Waals surface area contributed by atoms with Crippen LogP contribution in [0.5, 0.6) is 0 Å². The molecule has 1 unspecified atom stereocenters. The number of hydrogen-bond donors (Lipinski definition) is 2. The number of benzene rings is 1. The van der Waals surface area contributed by atoms with Crippen molar-refractivity contribution in [3.8, 4) is 0 Å². The summed E-state index contributed by atoms with van der Waals surface area (Å²) in [4.78, 5) is 0. The van der Waals surface area contributed by atoms with Gasteiger partial charge in [-0.3, -0.25) is 11.3 Å². The van der Waals surface area contributed by atoms with Crippen LogP contribution >= 0.6 is 11.3 Å². The molecule has 2 rings (SSSR count). The van der Waals surface area contributed by atoms with Gasteiger partial charge in [0.15, 0.2) is 0 Å². The highest BCUT2D eigenvalue weighted by molar-refractivity contribution is 7.07. The molecular formula is C15H20N2S. The third kappa shape index (κ3) is 4.26. The smallest absolute Gasteiger partial charge is 0.0216 e. The van der Waals surface area contributed by atoms with Crippen LogP contribution in [0.2, 0.25) is 0 Å². The van der Waals surface area contributed by atoms with E-state index in [9.17, 15) is 0 Å². The summed E-state index contributed by atoms with van der Waals surface area (Å²) in [5.74, 6) is 5.63. The van der Waals surface area contributed by atoms with Gasteiger partial charge in [-0.1, -0.05) is 30.3 Å².